The molecule has 0 saturated heterocycles. The first kappa shape index (κ1) is 29.5. The van der Waals surface area contributed by atoms with E-state index in [-0.39, 0.29) is 25.4 Å². The number of hydrogen-bond donors (Lipinski definition) is 3. The van der Waals surface area contributed by atoms with E-state index in [0.29, 0.717) is 18.4 Å². The van der Waals surface area contributed by atoms with Crippen LogP contribution in [0.25, 0.3) is 0 Å². The second-order valence-corrected chi connectivity index (χ2v) is 10.5. The summed E-state index contributed by atoms with van der Waals surface area (Å²) in [5.41, 5.74) is 2.49. The number of nitrogens with zero attached hydrogens (tertiary/aromatic N) is 1. The van der Waals surface area contributed by atoms with Gasteiger partial charge in [0.2, 0.25) is 11.8 Å². The van der Waals surface area contributed by atoms with Crippen molar-refractivity contribution in [1.29, 1.82) is 0 Å². The van der Waals surface area contributed by atoms with Crippen LogP contribution in [0.15, 0.2) is 91.0 Å². The molecule has 1 aliphatic rings. The molecule has 0 spiro atoms. The fraction of sp³-hybridized carbons (Fsp3) is 0.333. The van der Waals surface area contributed by atoms with Crippen LogP contribution in [0, 0.1) is 11.8 Å². The Kier molecular flexibility index (Phi) is 10.3. The SMILES string of the molecule is O=C(O)CCN(CC(c1ccccc1)c1ccccc1)C(=O)C(NC(=O)C1CCCCC1C(=O)O)c1ccccc1. The fourth-order valence-electron chi connectivity index (χ4n) is 5.62. The Balaban J connectivity index is 1.68. The molecule has 2 amide bonds. The number of benzene rings is 3. The third kappa shape index (κ3) is 7.81. The van der Waals surface area contributed by atoms with Crippen molar-refractivity contribution in [2.24, 2.45) is 11.8 Å². The molecule has 0 aliphatic heterocycles. The minimum Gasteiger partial charge on any atom is -0.481 e. The molecule has 8 nitrogen and oxygen atoms in total. The number of carbonyl (C=O) groups is 4. The minimum absolute atomic E-state index is 0.0509. The number of carbonyl (C=O) groups excluding carboxylic acids is 2. The first-order valence-corrected chi connectivity index (χ1v) is 14.0. The maximum absolute atomic E-state index is 14.3. The van der Waals surface area contributed by atoms with E-state index in [1.165, 1.54) is 4.90 Å². The standard InChI is InChI=1S/C33H36N2O6/c36-29(37)20-21-35(22-28(23-12-4-1-5-13-23)24-14-6-2-7-15-24)32(39)30(25-16-8-3-9-17-25)34-31(38)26-18-10-11-19-27(26)33(40)41/h1-9,12-17,26-28,30H,10-11,18-22H2,(H,34,38)(H,36,37)(H,40,41). The molecule has 8 heteroatoms. The molecule has 41 heavy (non-hydrogen) atoms. The highest BCUT2D eigenvalue weighted by atomic mass is 16.4. The number of hydrogen-bond acceptors (Lipinski definition) is 4. The Morgan fingerprint density at radius 2 is 1.22 bits per heavy atom. The van der Waals surface area contributed by atoms with E-state index in [4.69, 9.17) is 0 Å². The topological polar surface area (TPSA) is 124 Å². The van der Waals surface area contributed by atoms with Gasteiger partial charge in [-0.1, -0.05) is 104 Å². The maximum atomic E-state index is 14.3. The maximum Gasteiger partial charge on any atom is 0.307 e. The molecule has 1 aliphatic carbocycles. The van der Waals surface area contributed by atoms with Crippen molar-refractivity contribution >= 4 is 23.8 Å². The zero-order valence-electron chi connectivity index (χ0n) is 22.9. The van der Waals surface area contributed by atoms with Crippen molar-refractivity contribution in [3.63, 3.8) is 0 Å². The molecular weight excluding hydrogens is 520 g/mol. The summed E-state index contributed by atoms with van der Waals surface area (Å²) in [4.78, 5) is 52.8. The van der Waals surface area contributed by atoms with Crippen molar-refractivity contribution in [3.05, 3.63) is 108 Å². The number of rotatable bonds is 12. The number of nitrogens with one attached hydrogen (secondary N) is 1. The monoisotopic (exact) mass is 556 g/mol. The molecule has 3 aromatic rings. The summed E-state index contributed by atoms with van der Waals surface area (Å²) in [5, 5.41) is 22.1. The molecule has 0 heterocycles. The van der Waals surface area contributed by atoms with Gasteiger partial charge in [0.05, 0.1) is 18.3 Å². The van der Waals surface area contributed by atoms with Crippen LogP contribution in [0.1, 0.15) is 60.8 Å². The Bertz CT molecular complexity index is 1280. The van der Waals surface area contributed by atoms with E-state index in [9.17, 15) is 29.4 Å². The summed E-state index contributed by atoms with van der Waals surface area (Å²) >= 11 is 0. The molecule has 4 rings (SSSR count). The van der Waals surface area contributed by atoms with E-state index in [0.717, 1.165) is 24.0 Å². The molecule has 3 atom stereocenters. The van der Waals surface area contributed by atoms with E-state index >= 15 is 0 Å². The van der Waals surface area contributed by atoms with Crippen molar-refractivity contribution in [3.8, 4) is 0 Å². The molecule has 3 N–H and O–H groups in total. The van der Waals surface area contributed by atoms with Crippen LogP contribution in [-0.2, 0) is 19.2 Å². The molecule has 1 fully saturated rings. The number of carboxylic acid groups (broad SMARTS) is 2. The Morgan fingerprint density at radius 3 is 1.71 bits per heavy atom. The van der Waals surface area contributed by atoms with Gasteiger partial charge < -0.3 is 20.4 Å². The van der Waals surface area contributed by atoms with Crippen molar-refractivity contribution in [1.82, 2.24) is 10.2 Å². The predicted octanol–water partition coefficient (Wildman–Crippen LogP) is 4.87. The Labute approximate surface area is 240 Å². The normalized spacial score (nSPS) is 17.4. The van der Waals surface area contributed by atoms with Gasteiger partial charge in [-0.15, -0.1) is 0 Å². The van der Waals surface area contributed by atoms with E-state index in [2.05, 4.69) is 5.32 Å². The summed E-state index contributed by atoms with van der Waals surface area (Å²) in [5.74, 6) is -4.75. The third-order valence-corrected chi connectivity index (χ3v) is 7.80. The molecule has 0 aromatic heterocycles. The first-order valence-electron chi connectivity index (χ1n) is 14.0. The van der Waals surface area contributed by atoms with Crippen LogP contribution in [0.3, 0.4) is 0 Å². The van der Waals surface area contributed by atoms with Crippen LogP contribution < -0.4 is 5.32 Å². The molecule has 3 aromatic carbocycles. The molecule has 0 bridgehead atoms. The fourth-order valence-corrected chi connectivity index (χ4v) is 5.62. The van der Waals surface area contributed by atoms with Gasteiger partial charge in [0, 0.05) is 19.0 Å². The highest BCUT2D eigenvalue weighted by Crippen LogP contribution is 2.32. The van der Waals surface area contributed by atoms with Crippen molar-refractivity contribution < 1.29 is 29.4 Å². The van der Waals surface area contributed by atoms with Crippen molar-refractivity contribution in [2.45, 2.75) is 44.1 Å². The molecule has 214 valence electrons. The minimum atomic E-state index is -1.10. The highest BCUT2D eigenvalue weighted by molar-refractivity contribution is 5.91. The third-order valence-electron chi connectivity index (χ3n) is 7.80. The summed E-state index contributed by atoms with van der Waals surface area (Å²) in [6, 6.07) is 27.1. The highest BCUT2D eigenvalue weighted by Gasteiger charge is 2.38. The molecule has 3 unspecified atom stereocenters. The summed E-state index contributed by atoms with van der Waals surface area (Å²) in [6.07, 6.45) is 2.07. The number of aliphatic carboxylic acids is 2. The van der Waals surface area contributed by atoms with Gasteiger partial charge in [-0.3, -0.25) is 19.2 Å². The van der Waals surface area contributed by atoms with E-state index in [1.807, 2.05) is 60.7 Å². The zero-order chi connectivity index (χ0) is 29.2. The average Bonchev–Trinajstić information content (AvgIpc) is 3.00. The largest absolute Gasteiger partial charge is 0.481 e. The van der Waals surface area contributed by atoms with Crippen LogP contribution >= 0.6 is 0 Å². The smallest absolute Gasteiger partial charge is 0.307 e. The second kappa shape index (κ2) is 14.3. The van der Waals surface area contributed by atoms with Gasteiger partial charge in [-0.05, 0) is 29.5 Å². The summed E-state index contributed by atoms with van der Waals surface area (Å²) in [6.45, 7) is 0.144. The predicted molar refractivity (Wildman–Crippen MR) is 154 cm³/mol. The lowest BCUT2D eigenvalue weighted by molar-refractivity contribution is -0.149. The van der Waals surface area contributed by atoms with E-state index in [1.54, 1.807) is 30.3 Å². The van der Waals surface area contributed by atoms with Gasteiger partial charge in [0.15, 0.2) is 0 Å². The average molecular weight is 557 g/mol. The van der Waals surface area contributed by atoms with Crippen molar-refractivity contribution in [2.75, 3.05) is 13.1 Å². The molecule has 1 saturated carbocycles. The van der Waals surface area contributed by atoms with Gasteiger partial charge in [0.25, 0.3) is 0 Å². The lowest BCUT2D eigenvalue weighted by Gasteiger charge is -2.33. The lowest BCUT2D eigenvalue weighted by atomic mass is 9.78. The van der Waals surface area contributed by atoms with Crippen LogP contribution in [0.2, 0.25) is 0 Å². The second-order valence-electron chi connectivity index (χ2n) is 10.5. The number of carboxylic acids is 2. The quantitative estimate of drug-likeness (QED) is 0.292. The van der Waals surface area contributed by atoms with E-state index < -0.39 is 41.6 Å². The lowest BCUT2D eigenvalue weighted by Crippen LogP contribution is -2.48. The van der Waals surface area contributed by atoms with Crippen LogP contribution in [-0.4, -0.2) is 52.0 Å². The van der Waals surface area contributed by atoms with Gasteiger partial charge in [-0.25, -0.2) is 0 Å². The molecule has 0 radical (unpaired) electrons. The Morgan fingerprint density at radius 1 is 0.732 bits per heavy atom. The first-order chi connectivity index (χ1) is 19.8. The number of amides is 2. The summed E-state index contributed by atoms with van der Waals surface area (Å²) < 4.78 is 0. The van der Waals surface area contributed by atoms with Gasteiger partial charge in [0.1, 0.15) is 6.04 Å². The molecular formula is C33H36N2O6. The van der Waals surface area contributed by atoms with Gasteiger partial charge >= 0.3 is 11.9 Å². The summed E-state index contributed by atoms with van der Waals surface area (Å²) in [7, 11) is 0. The van der Waals surface area contributed by atoms with Gasteiger partial charge in [-0.2, -0.15) is 0 Å². The zero-order valence-corrected chi connectivity index (χ0v) is 22.9. The Hall–Kier alpha value is -4.46. The van der Waals surface area contributed by atoms with Crippen LogP contribution in [0.5, 0.6) is 0 Å². The van der Waals surface area contributed by atoms with Crippen LogP contribution in [0.4, 0.5) is 0 Å².